The summed E-state index contributed by atoms with van der Waals surface area (Å²) < 4.78 is 68.9. The van der Waals surface area contributed by atoms with E-state index in [2.05, 4.69) is 4.98 Å². The number of aromatic amines is 1. The molecule has 1 amide bonds. The Morgan fingerprint density at radius 3 is 2.23 bits per heavy atom. The second kappa shape index (κ2) is 12.8. The van der Waals surface area contributed by atoms with Crippen LogP contribution in [0.4, 0.5) is 13.2 Å². The average Bonchev–Trinajstić information content (AvgIpc) is 3.41. The van der Waals surface area contributed by atoms with Gasteiger partial charge >= 0.3 is 6.18 Å². The number of fused-ring (bicyclic) bond motifs is 2. The normalized spacial score (nSPS) is 12.4. The summed E-state index contributed by atoms with van der Waals surface area (Å²) >= 11 is 0. The van der Waals surface area contributed by atoms with Crippen molar-refractivity contribution in [2.45, 2.75) is 37.9 Å². The Balaban J connectivity index is 1.45. The average molecular weight is 622 g/mol. The number of aromatic nitrogens is 1. The van der Waals surface area contributed by atoms with Gasteiger partial charge in [0, 0.05) is 42.1 Å². The minimum atomic E-state index is -4.48. The van der Waals surface area contributed by atoms with Gasteiger partial charge in [0.25, 0.3) is 0 Å². The molecular formula is C34H34F3N3O3S. The molecule has 4 aromatic carbocycles. The fraction of sp³-hybridized carbons (Fsp3) is 0.265. The van der Waals surface area contributed by atoms with E-state index < -0.39 is 34.2 Å². The molecule has 230 valence electrons. The summed E-state index contributed by atoms with van der Waals surface area (Å²) in [5, 5.41) is 2.35. The molecule has 0 spiro atoms. The van der Waals surface area contributed by atoms with Gasteiger partial charge in [0.05, 0.1) is 17.0 Å². The maximum atomic E-state index is 14.1. The van der Waals surface area contributed by atoms with Crippen molar-refractivity contribution in [3.05, 3.63) is 114 Å². The molecular weight excluding hydrogens is 587 g/mol. The van der Waals surface area contributed by atoms with Crippen molar-refractivity contribution in [3.63, 3.8) is 0 Å². The molecule has 6 nitrogen and oxygen atoms in total. The minimum Gasteiger partial charge on any atom is -0.361 e. The highest BCUT2D eigenvalue weighted by Crippen LogP contribution is 2.30. The number of rotatable bonds is 11. The van der Waals surface area contributed by atoms with Gasteiger partial charge in [-0.25, -0.2) is 8.42 Å². The van der Waals surface area contributed by atoms with Gasteiger partial charge in [0.2, 0.25) is 15.9 Å². The number of carbonyl (C=O) groups is 1. The molecule has 0 atom stereocenters. The third-order valence-electron chi connectivity index (χ3n) is 7.58. The molecule has 0 saturated carbocycles. The summed E-state index contributed by atoms with van der Waals surface area (Å²) in [5.74, 6) is -0.503. The quantitative estimate of drug-likeness (QED) is 0.169. The smallest absolute Gasteiger partial charge is 0.361 e. The van der Waals surface area contributed by atoms with Gasteiger partial charge in [-0.15, -0.1) is 0 Å². The third-order valence-corrected chi connectivity index (χ3v) is 9.45. The maximum Gasteiger partial charge on any atom is 0.416 e. The Hall–Kier alpha value is -4.15. The monoisotopic (exact) mass is 621 g/mol. The Morgan fingerprint density at radius 2 is 1.52 bits per heavy atom. The summed E-state index contributed by atoms with van der Waals surface area (Å²) in [7, 11) is -4.08. The molecule has 0 unspecified atom stereocenters. The lowest BCUT2D eigenvalue weighted by Gasteiger charge is -2.29. The van der Waals surface area contributed by atoms with E-state index in [0.29, 0.717) is 17.4 Å². The summed E-state index contributed by atoms with van der Waals surface area (Å²) in [4.78, 5) is 18.8. The van der Waals surface area contributed by atoms with Crippen LogP contribution in [-0.4, -0.2) is 48.1 Å². The standard InChI is InChI=1S/C34H34F3N3O3S/c1-24(2)21-40(44(42,43)32-13-7-9-26-8-3-4-11-30(26)32)23-33(41)39(22-25-14-16-28(17-15-25)34(35,36)37)19-18-27-20-38-31-12-6-5-10-29(27)31/h3-17,20,24,38H,18-19,21-23H2,1-2H3. The van der Waals surface area contributed by atoms with Gasteiger partial charge in [0.1, 0.15) is 0 Å². The van der Waals surface area contributed by atoms with Gasteiger partial charge in [-0.1, -0.05) is 80.6 Å². The van der Waals surface area contributed by atoms with Gasteiger partial charge in [-0.2, -0.15) is 17.5 Å². The number of benzene rings is 4. The van der Waals surface area contributed by atoms with Crippen LogP contribution in [-0.2, 0) is 34.0 Å². The first kappa shape index (κ1) is 31.3. The first-order valence-electron chi connectivity index (χ1n) is 14.4. The van der Waals surface area contributed by atoms with E-state index in [-0.39, 0.29) is 30.4 Å². The molecule has 0 aliphatic heterocycles. The highest BCUT2D eigenvalue weighted by Gasteiger charge is 2.32. The fourth-order valence-corrected chi connectivity index (χ4v) is 7.14. The number of para-hydroxylation sites is 1. The van der Waals surface area contributed by atoms with Crippen LogP contribution in [0.5, 0.6) is 0 Å². The van der Waals surface area contributed by atoms with Crippen molar-refractivity contribution >= 4 is 37.6 Å². The summed E-state index contributed by atoms with van der Waals surface area (Å²) in [6, 6.07) is 24.7. The van der Waals surface area contributed by atoms with E-state index in [1.165, 1.54) is 21.3 Å². The molecule has 10 heteroatoms. The molecule has 0 radical (unpaired) electrons. The Kier molecular flexibility index (Phi) is 9.12. The number of amides is 1. The molecule has 0 aliphatic carbocycles. The Morgan fingerprint density at radius 1 is 0.864 bits per heavy atom. The van der Waals surface area contributed by atoms with E-state index in [4.69, 9.17) is 0 Å². The van der Waals surface area contributed by atoms with Crippen molar-refractivity contribution in [2.75, 3.05) is 19.6 Å². The Labute approximate surface area is 255 Å². The second-order valence-electron chi connectivity index (χ2n) is 11.3. The van der Waals surface area contributed by atoms with E-state index in [9.17, 15) is 26.4 Å². The summed E-state index contributed by atoms with van der Waals surface area (Å²) in [6.45, 7) is 3.75. The number of hydrogen-bond donors (Lipinski definition) is 1. The zero-order valence-electron chi connectivity index (χ0n) is 24.5. The van der Waals surface area contributed by atoms with E-state index in [1.54, 1.807) is 24.3 Å². The van der Waals surface area contributed by atoms with Crippen molar-refractivity contribution < 1.29 is 26.4 Å². The SMILES string of the molecule is CC(C)CN(CC(=O)N(CCc1c[nH]c2ccccc12)Cc1ccc(C(F)(F)F)cc1)S(=O)(=O)c1cccc2ccccc12. The molecule has 0 bridgehead atoms. The van der Waals surface area contributed by atoms with Crippen LogP contribution in [0.15, 0.2) is 102 Å². The third kappa shape index (κ3) is 6.97. The molecule has 0 fully saturated rings. The van der Waals surface area contributed by atoms with Gasteiger partial charge in [-0.3, -0.25) is 4.79 Å². The van der Waals surface area contributed by atoms with Crippen LogP contribution in [0.1, 0.15) is 30.5 Å². The molecule has 44 heavy (non-hydrogen) atoms. The van der Waals surface area contributed by atoms with Gasteiger partial charge < -0.3 is 9.88 Å². The zero-order chi connectivity index (χ0) is 31.5. The largest absolute Gasteiger partial charge is 0.416 e. The lowest BCUT2D eigenvalue weighted by molar-refractivity contribution is -0.137. The second-order valence-corrected chi connectivity index (χ2v) is 13.2. The van der Waals surface area contributed by atoms with E-state index in [1.807, 2.05) is 62.5 Å². The molecule has 1 N–H and O–H groups in total. The van der Waals surface area contributed by atoms with Crippen LogP contribution in [0.2, 0.25) is 0 Å². The zero-order valence-corrected chi connectivity index (χ0v) is 25.3. The number of H-pyrrole nitrogens is 1. The predicted octanol–water partition coefficient (Wildman–Crippen LogP) is 7.26. The lowest BCUT2D eigenvalue weighted by atomic mass is 10.1. The topological polar surface area (TPSA) is 73.5 Å². The highest BCUT2D eigenvalue weighted by atomic mass is 32.2. The first-order valence-corrected chi connectivity index (χ1v) is 15.8. The number of hydrogen-bond acceptors (Lipinski definition) is 3. The van der Waals surface area contributed by atoms with Crippen molar-refractivity contribution in [1.82, 2.24) is 14.2 Å². The number of halogens is 3. The van der Waals surface area contributed by atoms with Gasteiger partial charge in [0.15, 0.2) is 0 Å². The van der Waals surface area contributed by atoms with Gasteiger partial charge in [-0.05, 0) is 53.1 Å². The Bertz CT molecular complexity index is 1860. The molecule has 5 rings (SSSR count). The maximum absolute atomic E-state index is 14.1. The first-order chi connectivity index (χ1) is 20.9. The summed E-state index contributed by atoms with van der Waals surface area (Å²) in [6.07, 6.45) is -2.13. The number of nitrogens with one attached hydrogen (secondary N) is 1. The number of sulfonamides is 1. The fourth-order valence-electron chi connectivity index (χ4n) is 5.37. The molecule has 1 heterocycles. The van der Waals surface area contributed by atoms with E-state index >= 15 is 0 Å². The summed E-state index contributed by atoms with van der Waals surface area (Å²) in [5.41, 5.74) is 1.67. The van der Waals surface area contributed by atoms with Crippen LogP contribution in [0.3, 0.4) is 0 Å². The number of alkyl halides is 3. The van der Waals surface area contributed by atoms with E-state index in [0.717, 1.165) is 34.0 Å². The molecule has 5 aromatic rings. The molecule has 0 aliphatic rings. The van der Waals surface area contributed by atoms with Crippen molar-refractivity contribution in [1.29, 1.82) is 0 Å². The lowest BCUT2D eigenvalue weighted by Crippen LogP contribution is -2.44. The molecule has 0 saturated heterocycles. The molecule has 1 aromatic heterocycles. The predicted molar refractivity (Wildman–Crippen MR) is 166 cm³/mol. The van der Waals surface area contributed by atoms with Crippen LogP contribution in [0, 0.1) is 5.92 Å². The van der Waals surface area contributed by atoms with Crippen LogP contribution in [0.25, 0.3) is 21.7 Å². The highest BCUT2D eigenvalue weighted by molar-refractivity contribution is 7.89. The van der Waals surface area contributed by atoms with Crippen molar-refractivity contribution in [3.8, 4) is 0 Å². The minimum absolute atomic E-state index is 0.0309. The van der Waals surface area contributed by atoms with Crippen LogP contribution >= 0.6 is 0 Å². The van der Waals surface area contributed by atoms with Crippen molar-refractivity contribution in [2.24, 2.45) is 5.92 Å². The number of nitrogens with zero attached hydrogens (tertiary/aromatic N) is 2. The van der Waals surface area contributed by atoms with Crippen LogP contribution < -0.4 is 0 Å². The number of carbonyl (C=O) groups excluding carboxylic acids is 1.